The van der Waals surface area contributed by atoms with E-state index in [0.29, 0.717) is 5.56 Å². The highest BCUT2D eigenvalue weighted by atomic mass is 32.1. The fourth-order valence-corrected chi connectivity index (χ4v) is 2.30. The molecule has 2 nitrogen and oxygen atoms in total. The van der Waals surface area contributed by atoms with Crippen LogP contribution in [0.2, 0.25) is 0 Å². The first-order chi connectivity index (χ1) is 7.70. The van der Waals surface area contributed by atoms with Crippen molar-refractivity contribution in [1.82, 2.24) is 10.3 Å². The summed E-state index contributed by atoms with van der Waals surface area (Å²) in [5, 5.41) is 6.01. The van der Waals surface area contributed by atoms with Crippen LogP contribution >= 0.6 is 11.3 Å². The van der Waals surface area contributed by atoms with Gasteiger partial charge >= 0.3 is 0 Å². The number of rotatable bonds is 3. The molecule has 0 fully saturated rings. The Balaban J connectivity index is 2.31. The first-order valence-corrected chi connectivity index (χ1v) is 5.94. The summed E-state index contributed by atoms with van der Waals surface area (Å²) in [6.45, 7) is 2.53. The second-order valence-electron chi connectivity index (χ2n) is 3.64. The summed E-state index contributed by atoms with van der Waals surface area (Å²) in [4.78, 5) is 4.47. The zero-order valence-electron chi connectivity index (χ0n) is 9.25. The minimum atomic E-state index is -0.171. The van der Waals surface area contributed by atoms with E-state index >= 15 is 0 Å². The molecule has 0 aliphatic carbocycles. The summed E-state index contributed by atoms with van der Waals surface area (Å²) in [6, 6.07) is 5.09. The fourth-order valence-electron chi connectivity index (χ4n) is 1.48. The van der Waals surface area contributed by atoms with Gasteiger partial charge in [-0.05, 0) is 37.7 Å². The van der Waals surface area contributed by atoms with Gasteiger partial charge in [0.1, 0.15) is 10.8 Å². The first-order valence-electron chi connectivity index (χ1n) is 5.06. The largest absolute Gasteiger partial charge is 0.314 e. The Morgan fingerprint density at radius 2 is 2.25 bits per heavy atom. The molecule has 1 heterocycles. The van der Waals surface area contributed by atoms with Crippen LogP contribution in [0, 0.1) is 12.7 Å². The minimum Gasteiger partial charge on any atom is -0.314 e. The molecule has 0 radical (unpaired) electrons. The summed E-state index contributed by atoms with van der Waals surface area (Å²) in [5.74, 6) is -0.171. The molecule has 2 aromatic rings. The third-order valence-electron chi connectivity index (χ3n) is 2.31. The molecule has 0 spiro atoms. The van der Waals surface area contributed by atoms with Crippen LogP contribution in [0.15, 0.2) is 23.6 Å². The Labute approximate surface area is 98.2 Å². The Kier molecular flexibility index (Phi) is 3.31. The lowest BCUT2D eigenvalue weighted by molar-refractivity contribution is 0.619. The van der Waals surface area contributed by atoms with E-state index in [4.69, 9.17) is 0 Å². The standard InChI is InChI=1S/C12H13FN2S/c1-8-5-9(3-4-11(8)13)12-15-10(6-14-2)7-16-12/h3-5,7,14H,6H2,1-2H3. The quantitative estimate of drug-likeness (QED) is 0.886. The molecular weight excluding hydrogens is 223 g/mol. The average molecular weight is 236 g/mol. The van der Waals surface area contributed by atoms with Gasteiger partial charge in [0.15, 0.2) is 0 Å². The van der Waals surface area contributed by atoms with E-state index in [1.165, 1.54) is 6.07 Å². The number of thiazole rings is 1. The molecule has 0 aliphatic heterocycles. The van der Waals surface area contributed by atoms with Gasteiger partial charge in [-0.3, -0.25) is 0 Å². The number of halogens is 1. The monoisotopic (exact) mass is 236 g/mol. The Morgan fingerprint density at radius 3 is 2.94 bits per heavy atom. The lowest BCUT2D eigenvalue weighted by Crippen LogP contribution is -2.04. The van der Waals surface area contributed by atoms with Crippen molar-refractivity contribution in [3.05, 3.63) is 40.7 Å². The average Bonchev–Trinajstić information content (AvgIpc) is 2.71. The van der Waals surface area contributed by atoms with E-state index < -0.39 is 0 Å². The van der Waals surface area contributed by atoms with Gasteiger partial charge in [0.25, 0.3) is 0 Å². The lowest BCUT2D eigenvalue weighted by Gasteiger charge is -1.99. The van der Waals surface area contributed by atoms with Crippen LogP contribution < -0.4 is 5.32 Å². The van der Waals surface area contributed by atoms with E-state index in [0.717, 1.165) is 22.8 Å². The van der Waals surface area contributed by atoms with Crippen LogP contribution in [-0.4, -0.2) is 12.0 Å². The molecule has 2 rings (SSSR count). The molecule has 1 N–H and O–H groups in total. The van der Waals surface area contributed by atoms with E-state index in [1.807, 2.05) is 18.5 Å². The third-order valence-corrected chi connectivity index (χ3v) is 3.25. The molecule has 0 unspecified atom stereocenters. The van der Waals surface area contributed by atoms with Crippen LogP contribution in [0.4, 0.5) is 4.39 Å². The van der Waals surface area contributed by atoms with Crippen molar-refractivity contribution in [1.29, 1.82) is 0 Å². The fraction of sp³-hybridized carbons (Fsp3) is 0.250. The van der Waals surface area contributed by atoms with E-state index in [1.54, 1.807) is 24.3 Å². The summed E-state index contributed by atoms with van der Waals surface area (Å²) < 4.78 is 13.1. The van der Waals surface area contributed by atoms with Gasteiger partial charge in [-0.15, -0.1) is 11.3 Å². The number of hydrogen-bond acceptors (Lipinski definition) is 3. The molecule has 16 heavy (non-hydrogen) atoms. The number of aryl methyl sites for hydroxylation is 1. The van der Waals surface area contributed by atoms with Gasteiger partial charge in [-0.25, -0.2) is 9.37 Å². The van der Waals surface area contributed by atoms with Crippen molar-refractivity contribution in [3.8, 4) is 10.6 Å². The van der Waals surface area contributed by atoms with Crippen molar-refractivity contribution in [2.75, 3.05) is 7.05 Å². The molecule has 84 valence electrons. The lowest BCUT2D eigenvalue weighted by atomic mass is 10.1. The van der Waals surface area contributed by atoms with Gasteiger partial charge < -0.3 is 5.32 Å². The molecule has 0 amide bonds. The van der Waals surface area contributed by atoms with Gasteiger partial charge in [-0.2, -0.15) is 0 Å². The van der Waals surface area contributed by atoms with Crippen molar-refractivity contribution >= 4 is 11.3 Å². The van der Waals surface area contributed by atoms with Crippen molar-refractivity contribution in [2.45, 2.75) is 13.5 Å². The van der Waals surface area contributed by atoms with Crippen LogP contribution in [0.1, 0.15) is 11.3 Å². The molecular formula is C12H13FN2S. The molecule has 4 heteroatoms. The van der Waals surface area contributed by atoms with Crippen molar-refractivity contribution in [2.24, 2.45) is 0 Å². The maximum atomic E-state index is 13.1. The van der Waals surface area contributed by atoms with Gasteiger partial charge in [0, 0.05) is 17.5 Å². The maximum Gasteiger partial charge on any atom is 0.126 e. The predicted octanol–water partition coefficient (Wildman–Crippen LogP) is 2.98. The van der Waals surface area contributed by atoms with Crippen LogP contribution in [0.5, 0.6) is 0 Å². The number of nitrogens with zero attached hydrogens (tertiary/aromatic N) is 1. The van der Waals surface area contributed by atoms with Gasteiger partial charge in [0.2, 0.25) is 0 Å². The van der Waals surface area contributed by atoms with E-state index in [-0.39, 0.29) is 5.82 Å². The molecule has 0 bridgehead atoms. The normalized spacial score (nSPS) is 10.7. The molecule has 0 atom stereocenters. The number of hydrogen-bond donors (Lipinski definition) is 1. The zero-order valence-corrected chi connectivity index (χ0v) is 10.1. The summed E-state index contributed by atoms with van der Waals surface area (Å²) in [6.07, 6.45) is 0. The summed E-state index contributed by atoms with van der Waals surface area (Å²) in [7, 11) is 1.89. The highest BCUT2D eigenvalue weighted by Crippen LogP contribution is 2.25. The molecule has 0 aliphatic rings. The number of aromatic nitrogens is 1. The first kappa shape index (κ1) is 11.2. The Hall–Kier alpha value is -1.26. The summed E-state index contributed by atoms with van der Waals surface area (Å²) >= 11 is 1.58. The Morgan fingerprint density at radius 1 is 1.44 bits per heavy atom. The molecule has 1 aromatic heterocycles. The molecule has 0 saturated carbocycles. The summed E-state index contributed by atoms with van der Waals surface area (Å²) in [5.41, 5.74) is 2.65. The third kappa shape index (κ3) is 2.28. The smallest absolute Gasteiger partial charge is 0.126 e. The van der Waals surface area contributed by atoms with Crippen LogP contribution in [0.25, 0.3) is 10.6 Å². The SMILES string of the molecule is CNCc1csc(-c2ccc(F)c(C)c2)n1. The second-order valence-corrected chi connectivity index (χ2v) is 4.50. The number of benzene rings is 1. The molecule has 0 saturated heterocycles. The molecule has 1 aromatic carbocycles. The van der Waals surface area contributed by atoms with E-state index in [2.05, 4.69) is 10.3 Å². The van der Waals surface area contributed by atoms with Crippen molar-refractivity contribution in [3.63, 3.8) is 0 Å². The number of nitrogens with one attached hydrogen (secondary N) is 1. The topological polar surface area (TPSA) is 24.9 Å². The highest BCUT2D eigenvalue weighted by Gasteiger charge is 2.06. The highest BCUT2D eigenvalue weighted by molar-refractivity contribution is 7.13. The second kappa shape index (κ2) is 4.72. The van der Waals surface area contributed by atoms with Crippen LogP contribution in [0.3, 0.4) is 0 Å². The predicted molar refractivity (Wildman–Crippen MR) is 65.0 cm³/mol. The van der Waals surface area contributed by atoms with Crippen molar-refractivity contribution < 1.29 is 4.39 Å². The Bertz CT molecular complexity index is 494. The zero-order chi connectivity index (χ0) is 11.5. The minimum absolute atomic E-state index is 0.171. The van der Waals surface area contributed by atoms with Gasteiger partial charge in [0.05, 0.1) is 5.69 Å². The van der Waals surface area contributed by atoms with Gasteiger partial charge in [-0.1, -0.05) is 0 Å². The maximum absolute atomic E-state index is 13.1. The van der Waals surface area contributed by atoms with E-state index in [9.17, 15) is 4.39 Å². The van der Waals surface area contributed by atoms with Crippen LogP contribution in [-0.2, 0) is 6.54 Å².